The lowest BCUT2D eigenvalue weighted by molar-refractivity contribution is -0.218. The number of β-lactam (4-membered cyclic amide) rings is 1. The van der Waals surface area contributed by atoms with Gasteiger partial charge in [-0.3, -0.25) is 19.1 Å². The fraction of sp³-hybridized carbons (Fsp3) is 0.409. The maximum Gasteiger partial charge on any atom is 0.418 e. The maximum absolute atomic E-state index is 13.0. The highest BCUT2D eigenvalue weighted by Gasteiger charge is 2.58. The zero-order valence-corrected chi connectivity index (χ0v) is 23.6. The van der Waals surface area contributed by atoms with Gasteiger partial charge < -0.3 is 37.2 Å². The van der Waals surface area contributed by atoms with E-state index in [4.69, 9.17) is 31.3 Å². The molecule has 1 aliphatic rings. The first kappa shape index (κ1) is 31.6. The average molecular weight is 615 g/mol. The Kier molecular flexibility index (Phi) is 10.2. The van der Waals surface area contributed by atoms with Crippen molar-refractivity contribution in [2.45, 2.75) is 31.5 Å². The quantitative estimate of drug-likeness (QED) is 0.0349. The summed E-state index contributed by atoms with van der Waals surface area (Å²) in [6, 6.07) is 4.96. The highest BCUT2D eigenvalue weighted by atomic mass is 32.3. The van der Waals surface area contributed by atoms with Gasteiger partial charge in [0.05, 0.1) is 18.2 Å². The summed E-state index contributed by atoms with van der Waals surface area (Å²) in [5, 5.41) is 17.5. The van der Waals surface area contributed by atoms with E-state index in [2.05, 4.69) is 24.7 Å². The van der Waals surface area contributed by atoms with Crippen molar-refractivity contribution >= 4 is 50.2 Å². The zero-order chi connectivity index (χ0) is 30.4. The number of amides is 2. The number of aromatic nitrogens is 1. The summed E-state index contributed by atoms with van der Waals surface area (Å²) >= 11 is 1.05. The first-order valence-corrected chi connectivity index (χ1v) is 14.1. The Balaban J connectivity index is 1.60. The third kappa shape index (κ3) is 8.08. The summed E-state index contributed by atoms with van der Waals surface area (Å²) in [7, 11) is -4.96. The SMILES string of the molecule is CC1(C)C(NC(=O)C(=NOCCOc2ccc(C(N)=NC(CN)CO)cc2)c2csc(N)n2)C(=O)N1OS(=O)(=O)O. The van der Waals surface area contributed by atoms with Crippen LogP contribution >= 0.6 is 11.3 Å². The van der Waals surface area contributed by atoms with Crippen LogP contribution in [0.15, 0.2) is 39.8 Å². The minimum absolute atomic E-state index is 0.0381. The average Bonchev–Trinajstić information content (AvgIpc) is 3.35. The summed E-state index contributed by atoms with van der Waals surface area (Å²) in [4.78, 5) is 38.8. The predicted octanol–water partition coefficient (Wildman–Crippen LogP) is -1.61. The van der Waals surface area contributed by atoms with E-state index in [0.717, 1.165) is 11.3 Å². The fourth-order valence-electron chi connectivity index (χ4n) is 3.49. The van der Waals surface area contributed by atoms with Crippen LogP contribution in [0.3, 0.4) is 0 Å². The highest BCUT2D eigenvalue weighted by Crippen LogP contribution is 2.33. The van der Waals surface area contributed by atoms with Crippen molar-refractivity contribution in [2.24, 2.45) is 21.6 Å². The molecule has 9 N–H and O–H groups in total. The number of amidine groups is 1. The first-order valence-electron chi connectivity index (χ1n) is 11.9. The normalized spacial score (nSPS) is 18.0. The summed E-state index contributed by atoms with van der Waals surface area (Å²) in [5.41, 5.74) is 16.2. The van der Waals surface area contributed by atoms with Gasteiger partial charge in [-0.15, -0.1) is 15.6 Å². The number of rotatable bonds is 14. The predicted molar refractivity (Wildman–Crippen MR) is 147 cm³/mol. The Hall–Kier alpha value is -3.88. The second kappa shape index (κ2) is 13.2. The number of aliphatic hydroxyl groups is 1. The molecule has 1 aliphatic heterocycles. The van der Waals surface area contributed by atoms with E-state index in [-0.39, 0.29) is 48.7 Å². The van der Waals surface area contributed by atoms with Crippen molar-refractivity contribution in [1.82, 2.24) is 15.4 Å². The second-order valence-corrected chi connectivity index (χ2v) is 10.9. The number of hydroxylamine groups is 2. The molecular weight excluding hydrogens is 584 g/mol. The van der Waals surface area contributed by atoms with Crippen LogP contribution in [-0.2, 0) is 29.1 Å². The summed E-state index contributed by atoms with van der Waals surface area (Å²) in [5.74, 6) is -1.07. The van der Waals surface area contributed by atoms with Gasteiger partial charge in [0.2, 0.25) is 0 Å². The van der Waals surface area contributed by atoms with Gasteiger partial charge in [0.1, 0.15) is 29.9 Å². The molecule has 2 amide bonds. The van der Waals surface area contributed by atoms with Crippen molar-refractivity contribution in [1.29, 1.82) is 0 Å². The van der Waals surface area contributed by atoms with E-state index in [1.807, 2.05) is 0 Å². The molecule has 2 unspecified atom stereocenters. The van der Waals surface area contributed by atoms with Crippen LogP contribution in [0.2, 0.25) is 0 Å². The number of nitrogens with one attached hydrogen (secondary N) is 1. The molecule has 0 saturated carbocycles. The molecule has 2 atom stereocenters. The molecule has 17 nitrogen and oxygen atoms in total. The van der Waals surface area contributed by atoms with Crippen molar-refractivity contribution in [3.05, 3.63) is 40.9 Å². The third-order valence-electron chi connectivity index (χ3n) is 5.65. The number of hydrogen-bond donors (Lipinski definition) is 6. The monoisotopic (exact) mass is 614 g/mol. The first-order chi connectivity index (χ1) is 19.3. The molecule has 1 aromatic carbocycles. The van der Waals surface area contributed by atoms with E-state index in [0.29, 0.717) is 16.4 Å². The minimum Gasteiger partial charge on any atom is -0.490 e. The molecule has 1 fully saturated rings. The van der Waals surface area contributed by atoms with Gasteiger partial charge in [-0.1, -0.05) is 5.16 Å². The standard InChI is InChI=1S/C22H30N8O9S2/c1-22(2)17(20(33)30(22)39-41(34,35)36)28-19(32)16(15-11-40-21(25)27-15)29-38-8-7-37-14-5-3-12(4-6-14)18(24)26-13(9-23)10-31/h3-6,11,13,17,31H,7-10,23H2,1-2H3,(H2,24,26)(H2,25,27)(H,28,32)(H,34,35,36). The van der Waals surface area contributed by atoms with Crippen molar-refractivity contribution in [3.63, 3.8) is 0 Å². The number of aliphatic hydroxyl groups excluding tert-OH is 1. The van der Waals surface area contributed by atoms with Gasteiger partial charge in [0.25, 0.3) is 11.8 Å². The minimum atomic E-state index is -4.96. The summed E-state index contributed by atoms with van der Waals surface area (Å²) in [6.45, 7) is 2.71. The zero-order valence-electron chi connectivity index (χ0n) is 22.0. The smallest absolute Gasteiger partial charge is 0.418 e. The van der Waals surface area contributed by atoms with Crippen molar-refractivity contribution < 1.29 is 41.5 Å². The summed E-state index contributed by atoms with van der Waals surface area (Å²) in [6.07, 6.45) is 0. The molecule has 1 saturated heterocycles. The van der Waals surface area contributed by atoms with Crippen LogP contribution in [0, 0.1) is 0 Å². The van der Waals surface area contributed by atoms with Crippen LogP contribution in [0.5, 0.6) is 5.75 Å². The van der Waals surface area contributed by atoms with E-state index in [1.165, 1.54) is 19.2 Å². The molecule has 224 valence electrons. The molecule has 0 bridgehead atoms. The van der Waals surface area contributed by atoms with Gasteiger partial charge in [-0.05, 0) is 38.1 Å². The largest absolute Gasteiger partial charge is 0.490 e. The molecule has 1 aromatic heterocycles. The number of hydrogen-bond acceptors (Lipinski definition) is 14. The number of benzene rings is 1. The molecule has 2 aromatic rings. The van der Waals surface area contributed by atoms with Gasteiger partial charge in [0.15, 0.2) is 17.5 Å². The van der Waals surface area contributed by atoms with E-state index >= 15 is 0 Å². The number of ether oxygens (including phenoxy) is 1. The lowest BCUT2D eigenvalue weighted by Crippen LogP contribution is -2.76. The Bertz CT molecular complexity index is 1410. The van der Waals surface area contributed by atoms with Gasteiger partial charge >= 0.3 is 10.4 Å². The Morgan fingerprint density at radius 1 is 1.29 bits per heavy atom. The lowest BCUT2D eigenvalue weighted by Gasteiger charge is -2.50. The van der Waals surface area contributed by atoms with Crippen LogP contribution in [-0.4, -0.2) is 95.5 Å². The number of nitrogen functional groups attached to an aromatic ring is 1. The molecule has 19 heteroatoms. The molecule has 2 heterocycles. The van der Waals surface area contributed by atoms with Crippen molar-refractivity contribution in [3.8, 4) is 5.75 Å². The number of carbonyl (C=O) groups is 2. The summed E-state index contributed by atoms with van der Waals surface area (Å²) < 4.78 is 40.8. The topological polar surface area (TPSA) is 267 Å². The number of nitrogens with two attached hydrogens (primary N) is 3. The lowest BCUT2D eigenvalue weighted by atomic mass is 9.84. The molecular formula is C22H30N8O9S2. The number of anilines is 1. The van der Waals surface area contributed by atoms with Crippen LogP contribution in [0.4, 0.5) is 5.13 Å². The number of thiazole rings is 1. The van der Waals surface area contributed by atoms with Gasteiger partial charge in [0, 0.05) is 17.5 Å². The van der Waals surface area contributed by atoms with Crippen LogP contribution < -0.4 is 27.3 Å². The van der Waals surface area contributed by atoms with Crippen LogP contribution in [0.25, 0.3) is 0 Å². The Labute approximate surface area is 238 Å². The van der Waals surface area contributed by atoms with E-state index in [1.54, 1.807) is 24.3 Å². The molecule has 41 heavy (non-hydrogen) atoms. The van der Waals surface area contributed by atoms with E-state index in [9.17, 15) is 23.1 Å². The van der Waals surface area contributed by atoms with Gasteiger partial charge in [-0.2, -0.15) is 13.5 Å². The van der Waals surface area contributed by atoms with Crippen LogP contribution in [0.1, 0.15) is 25.1 Å². The number of oxime groups is 1. The molecule has 0 aliphatic carbocycles. The Morgan fingerprint density at radius 2 is 1.98 bits per heavy atom. The van der Waals surface area contributed by atoms with Crippen molar-refractivity contribution in [2.75, 3.05) is 32.1 Å². The highest BCUT2D eigenvalue weighted by molar-refractivity contribution is 7.80. The number of carbonyl (C=O) groups excluding carboxylic acids is 2. The maximum atomic E-state index is 13.0. The number of aliphatic imine (C=N–C) groups is 1. The fourth-order valence-corrected chi connectivity index (χ4v) is 4.49. The molecule has 3 rings (SSSR count). The third-order valence-corrected chi connectivity index (χ3v) is 6.67. The second-order valence-electron chi connectivity index (χ2n) is 9.00. The Morgan fingerprint density at radius 3 is 2.51 bits per heavy atom. The van der Waals surface area contributed by atoms with E-state index < -0.39 is 39.8 Å². The van der Waals surface area contributed by atoms with Gasteiger partial charge in [-0.25, -0.2) is 4.98 Å². The molecule has 0 radical (unpaired) electrons. The number of nitrogens with zero attached hydrogens (tertiary/aromatic N) is 4. The molecule has 0 spiro atoms.